The summed E-state index contributed by atoms with van der Waals surface area (Å²) in [6.07, 6.45) is -5.24. The van der Waals surface area contributed by atoms with Crippen LogP contribution in [0.15, 0.2) is 42.5 Å². The first-order valence-corrected chi connectivity index (χ1v) is 13.6. The molecule has 6 nitrogen and oxygen atoms in total. The molecule has 2 heterocycles. The molecule has 39 heavy (non-hydrogen) atoms. The number of alkyl halides is 3. The second kappa shape index (κ2) is 11.9. The van der Waals surface area contributed by atoms with E-state index in [0.717, 1.165) is 11.3 Å². The van der Waals surface area contributed by atoms with E-state index in [2.05, 4.69) is 18.7 Å². The van der Waals surface area contributed by atoms with Gasteiger partial charge >= 0.3 is 12.1 Å². The van der Waals surface area contributed by atoms with Gasteiger partial charge in [-0.1, -0.05) is 55.2 Å². The zero-order valence-electron chi connectivity index (χ0n) is 21.8. The smallest absolute Gasteiger partial charge is 0.491 e. The normalized spacial score (nSPS) is 19.5. The van der Waals surface area contributed by atoms with Crippen molar-refractivity contribution in [1.29, 1.82) is 0 Å². The van der Waals surface area contributed by atoms with E-state index < -0.39 is 29.7 Å². The molecule has 2 aliphatic rings. The lowest BCUT2D eigenvalue weighted by molar-refractivity contribution is -0.217. The molecule has 2 fully saturated rings. The summed E-state index contributed by atoms with van der Waals surface area (Å²) >= 11 is 12.2. The van der Waals surface area contributed by atoms with Crippen LogP contribution in [0.2, 0.25) is 10.0 Å². The van der Waals surface area contributed by atoms with E-state index in [-0.39, 0.29) is 17.1 Å². The molecule has 1 amide bonds. The van der Waals surface area contributed by atoms with Crippen molar-refractivity contribution < 1.29 is 32.2 Å². The van der Waals surface area contributed by atoms with Gasteiger partial charge in [0.05, 0.1) is 17.2 Å². The Bertz CT molecular complexity index is 1200. The molecule has 1 unspecified atom stereocenters. The molecule has 2 saturated heterocycles. The highest BCUT2D eigenvalue weighted by Gasteiger charge is 2.55. The highest BCUT2D eigenvalue weighted by Crippen LogP contribution is 2.47. The third kappa shape index (κ3) is 6.81. The fraction of sp³-hybridized carbons (Fsp3) is 0.500. The van der Waals surface area contributed by atoms with E-state index in [1.807, 2.05) is 24.3 Å². The van der Waals surface area contributed by atoms with Gasteiger partial charge in [0.25, 0.3) is 5.91 Å². The molecule has 0 aromatic heterocycles. The number of hydrogen-bond donors (Lipinski definition) is 0. The number of piperidine rings is 1. The number of halogens is 5. The molecule has 2 aromatic carbocycles. The summed E-state index contributed by atoms with van der Waals surface area (Å²) in [5.74, 6) is -1.74. The van der Waals surface area contributed by atoms with Crippen LogP contribution in [0.1, 0.15) is 49.0 Å². The molecule has 0 aliphatic carbocycles. The lowest BCUT2D eigenvalue weighted by Crippen LogP contribution is -2.51. The molecule has 11 heteroatoms. The molecular weight excluding hydrogens is 556 g/mol. The van der Waals surface area contributed by atoms with Crippen LogP contribution in [0.4, 0.5) is 13.2 Å². The van der Waals surface area contributed by atoms with E-state index in [1.54, 1.807) is 0 Å². The third-order valence-corrected chi connectivity index (χ3v) is 7.87. The average Bonchev–Trinajstić information content (AvgIpc) is 3.21. The molecule has 4 rings (SSSR count). The standard InChI is InChI=1S/C28H31Cl2F3N2O4/c1-18(2)17-38-23-6-4-3-5-19(23)16-34-12-9-27(10-13-34)11-14-35(25(27)39-26(37)28(31,32)33)24(36)21-8-7-20(29)15-22(21)30/h3-8,15,18,25H,9-14,16-17H2,1-2H3. The first kappa shape index (κ1) is 29.5. The Balaban J connectivity index is 1.52. The zero-order chi connectivity index (χ0) is 28.4. The van der Waals surface area contributed by atoms with E-state index in [4.69, 9.17) is 32.7 Å². The minimum absolute atomic E-state index is 0.0718. The second-order valence-electron chi connectivity index (χ2n) is 10.6. The molecule has 0 bridgehead atoms. The first-order chi connectivity index (χ1) is 18.4. The average molecular weight is 587 g/mol. The Morgan fingerprint density at radius 3 is 2.36 bits per heavy atom. The Kier molecular flexibility index (Phi) is 9.03. The Hall–Kier alpha value is -2.49. The molecule has 0 N–H and O–H groups in total. The van der Waals surface area contributed by atoms with Gasteiger partial charge in [-0.2, -0.15) is 13.2 Å². The number of likely N-dealkylation sites (tertiary alicyclic amines) is 2. The van der Waals surface area contributed by atoms with Crippen LogP contribution in [0.5, 0.6) is 5.75 Å². The SMILES string of the molecule is CC(C)COc1ccccc1CN1CCC2(CC1)CCN(C(=O)c1ccc(Cl)cc1Cl)C2OC(=O)C(F)(F)F. The molecule has 1 atom stereocenters. The highest BCUT2D eigenvalue weighted by molar-refractivity contribution is 6.36. The number of nitrogens with zero attached hydrogens (tertiary/aromatic N) is 2. The van der Waals surface area contributed by atoms with Gasteiger partial charge < -0.3 is 14.4 Å². The van der Waals surface area contributed by atoms with Gasteiger partial charge in [0, 0.05) is 29.1 Å². The molecule has 1 spiro atoms. The number of carbonyl (C=O) groups excluding carboxylic acids is 2. The summed E-state index contributed by atoms with van der Waals surface area (Å²) in [5, 5.41) is 0.389. The minimum Gasteiger partial charge on any atom is -0.493 e. The summed E-state index contributed by atoms with van der Waals surface area (Å²) in [6.45, 7) is 6.61. The van der Waals surface area contributed by atoms with E-state index in [0.29, 0.717) is 56.4 Å². The molecule has 0 saturated carbocycles. The Morgan fingerprint density at radius 2 is 1.72 bits per heavy atom. The Morgan fingerprint density at radius 1 is 1.05 bits per heavy atom. The van der Waals surface area contributed by atoms with Gasteiger partial charge in [0.2, 0.25) is 0 Å². The fourth-order valence-corrected chi connectivity index (χ4v) is 5.71. The van der Waals surface area contributed by atoms with Gasteiger partial charge in [-0.05, 0) is 62.5 Å². The third-order valence-electron chi connectivity index (χ3n) is 7.32. The number of rotatable bonds is 7. The van der Waals surface area contributed by atoms with Crippen LogP contribution in [0, 0.1) is 11.3 Å². The van der Waals surface area contributed by atoms with Gasteiger partial charge in [-0.3, -0.25) is 9.69 Å². The number of esters is 1. The molecule has 212 valence electrons. The summed E-state index contributed by atoms with van der Waals surface area (Å²) in [5.41, 5.74) is 0.302. The van der Waals surface area contributed by atoms with Gasteiger partial charge in [-0.25, -0.2) is 4.79 Å². The molecule has 2 aromatic rings. The topological polar surface area (TPSA) is 59.1 Å². The van der Waals surface area contributed by atoms with Crippen molar-refractivity contribution in [3.63, 3.8) is 0 Å². The number of para-hydroxylation sites is 1. The van der Waals surface area contributed by atoms with E-state index in [1.165, 1.54) is 23.1 Å². The largest absolute Gasteiger partial charge is 0.493 e. The van der Waals surface area contributed by atoms with Crippen molar-refractivity contribution >= 4 is 35.1 Å². The van der Waals surface area contributed by atoms with Crippen LogP contribution in [0.25, 0.3) is 0 Å². The number of amides is 1. The molecular formula is C28H31Cl2F3N2O4. The number of benzene rings is 2. The maximum absolute atomic E-state index is 13.4. The summed E-state index contributed by atoms with van der Waals surface area (Å²) in [6, 6.07) is 12.1. The van der Waals surface area contributed by atoms with Crippen molar-refractivity contribution in [2.75, 3.05) is 26.2 Å². The maximum atomic E-state index is 13.4. The molecule has 2 aliphatic heterocycles. The predicted molar refractivity (Wildman–Crippen MR) is 142 cm³/mol. The van der Waals surface area contributed by atoms with Crippen molar-refractivity contribution in [1.82, 2.24) is 9.80 Å². The first-order valence-electron chi connectivity index (χ1n) is 12.9. The number of hydrogen-bond acceptors (Lipinski definition) is 5. The molecule has 0 radical (unpaired) electrons. The van der Waals surface area contributed by atoms with E-state index in [9.17, 15) is 22.8 Å². The van der Waals surface area contributed by atoms with Crippen LogP contribution in [-0.2, 0) is 16.1 Å². The maximum Gasteiger partial charge on any atom is 0.491 e. The van der Waals surface area contributed by atoms with Gasteiger partial charge in [0.15, 0.2) is 6.23 Å². The lowest BCUT2D eigenvalue weighted by atomic mass is 9.76. The van der Waals surface area contributed by atoms with Crippen molar-refractivity contribution in [2.24, 2.45) is 11.3 Å². The fourth-order valence-electron chi connectivity index (χ4n) is 5.22. The number of carbonyl (C=O) groups is 2. The monoisotopic (exact) mass is 586 g/mol. The Labute approximate surface area is 235 Å². The number of ether oxygens (including phenoxy) is 2. The van der Waals surface area contributed by atoms with Crippen molar-refractivity contribution in [3.05, 3.63) is 63.6 Å². The van der Waals surface area contributed by atoms with Gasteiger partial charge in [-0.15, -0.1) is 0 Å². The van der Waals surface area contributed by atoms with Crippen molar-refractivity contribution in [2.45, 2.75) is 52.1 Å². The zero-order valence-corrected chi connectivity index (χ0v) is 23.3. The van der Waals surface area contributed by atoms with Crippen LogP contribution in [0.3, 0.4) is 0 Å². The summed E-state index contributed by atoms with van der Waals surface area (Å²) in [4.78, 5) is 28.8. The summed E-state index contributed by atoms with van der Waals surface area (Å²) in [7, 11) is 0. The minimum atomic E-state index is -5.18. The quantitative estimate of drug-likeness (QED) is 0.343. The second-order valence-corrected chi connectivity index (χ2v) is 11.4. The van der Waals surface area contributed by atoms with Crippen LogP contribution >= 0.6 is 23.2 Å². The van der Waals surface area contributed by atoms with Crippen molar-refractivity contribution in [3.8, 4) is 5.75 Å². The van der Waals surface area contributed by atoms with E-state index >= 15 is 0 Å². The lowest BCUT2D eigenvalue weighted by Gasteiger charge is -2.43. The predicted octanol–water partition coefficient (Wildman–Crippen LogP) is 6.59. The van der Waals surface area contributed by atoms with Gasteiger partial charge in [0.1, 0.15) is 5.75 Å². The van der Waals surface area contributed by atoms with Crippen LogP contribution in [-0.4, -0.2) is 60.3 Å². The summed E-state index contributed by atoms with van der Waals surface area (Å²) < 4.78 is 50.7. The van der Waals surface area contributed by atoms with Crippen LogP contribution < -0.4 is 4.74 Å². The highest BCUT2D eigenvalue weighted by atomic mass is 35.5.